The van der Waals surface area contributed by atoms with Gasteiger partial charge < -0.3 is 0 Å². The quantitative estimate of drug-likeness (QED) is 0.768. The van der Waals surface area contributed by atoms with Crippen molar-refractivity contribution in [1.82, 2.24) is 0 Å². The van der Waals surface area contributed by atoms with E-state index in [0.29, 0.717) is 0 Å². The minimum Gasteiger partial charge on any atom is -0.177 e. The van der Waals surface area contributed by atoms with Crippen molar-refractivity contribution in [1.29, 1.82) is 0 Å². The van der Waals surface area contributed by atoms with E-state index in [2.05, 4.69) is 44.8 Å². The van der Waals surface area contributed by atoms with Gasteiger partial charge in [0, 0.05) is 0 Å². The zero-order chi connectivity index (χ0) is 12.1. The van der Waals surface area contributed by atoms with Crippen LogP contribution in [0.25, 0.3) is 5.01 Å². The van der Waals surface area contributed by atoms with Gasteiger partial charge in [-0.3, -0.25) is 0 Å². The van der Waals surface area contributed by atoms with Crippen LogP contribution < -0.4 is 0 Å². The second-order valence-electron chi connectivity index (χ2n) is 3.95. The first-order valence-corrected chi connectivity index (χ1v) is 5.93. The molecule has 0 aliphatic rings. The van der Waals surface area contributed by atoms with Crippen molar-refractivity contribution in [3.63, 3.8) is 0 Å². The largest absolute Gasteiger partial charge is 0.388 e. The summed E-state index contributed by atoms with van der Waals surface area (Å²) in [5, 5.41) is 11.8. The van der Waals surface area contributed by atoms with Crippen LogP contribution in [-0.4, -0.2) is 5.21 Å². The second kappa shape index (κ2) is 5.55. The summed E-state index contributed by atoms with van der Waals surface area (Å²) in [6.07, 6.45) is 2.94. The smallest absolute Gasteiger partial charge is 0.177 e. The Morgan fingerprint density at radius 1 is 1.12 bits per heavy atom. The van der Waals surface area contributed by atoms with Gasteiger partial charge in [-0.2, -0.15) is 5.21 Å². The fourth-order valence-corrected chi connectivity index (χ4v) is 2.24. The van der Waals surface area contributed by atoms with Gasteiger partial charge in [0.1, 0.15) is 5.56 Å². The summed E-state index contributed by atoms with van der Waals surface area (Å²) < 4.78 is 0. The minimum absolute atomic E-state index is 0.943. The molecule has 0 unspecified atom stereocenters. The lowest BCUT2D eigenvalue weighted by atomic mass is 9.89. The molecule has 2 nitrogen and oxygen atoms in total. The maximum Gasteiger partial charge on any atom is 0.388 e. The fourth-order valence-electron chi connectivity index (χ4n) is 2.24. The van der Waals surface area contributed by atoms with E-state index in [4.69, 9.17) is 5.21 Å². The Hall–Kier alpha value is -1.49. The van der Waals surface area contributed by atoms with Gasteiger partial charge in [-0.1, -0.05) is 26.8 Å². The first-order chi connectivity index (χ1) is 7.69. The standard InChI is InChI=1S/C14H19NO/c1-5-11-8-12(6-2)14(9-15-16)13(7-3)10(11)4/h8H,5-7H2,1-4H3/p+1. The molecule has 0 atom stereocenters. The number of benzene rings is 1. The van der Waals surface area contributed by atoms with Crippen molar-refractivity contribution in [2.45, 2.75) is 47.0 Å². The molecule has 1 N–H and O–H groups in total. The summed E-state index contributed by atoms with van der Waals surface area (Å²) in [6, 6.07) is 4.93. The van der Waals surface area contributed by atoms with Crippen LogP contribution in [0.1, 0.15) is 48.6 Å². The van der Waals surface area contributed by atoms with Crippen molar-refractivity contribution in [2.75, 3.05) is 0 Å². The third-order valence-corrected chi connectivity index (χ3v) is 3.18. The molecule has 1 aromatic carbocycles. The zero-order valence-corrected chi connectivity index (χ0v) is 10.6. The summed E-state index contributed by atoms with van der Waals surface area (Å²) in [7, 11) is 0. The molecular formula is C14H20NO+. The van der Waals surface area contributed by atoms with Gasteiger partial charge in [0.25, 0.3) is 0 Å². The van der Waals surface area contributed by atoms with Gasteiger partial charge >= 0.3 is 6.07 Å². The Labute approximate surface area is 97.7 Å². The van der Waals surface area contributed by atoms with Gasteiger partial charge in [0.2, 0.25) is 5.01 Å². The Balaban J connectivity index is 3.54. The minimum atomic E-state index is 0.943. The van der Waals surface area contributed by atoms with Crippen LogP contribution in [0.15, 0.2) is 6.07 Å². The predicted octanol–water partition coefficient (Wildman–Crippen LogP) is 3.75. The molecule has 0 bridgehead atoms. The summed E-state index contributed by atoms with van der Waals surface area (Å²) in [6.45, 7) is 8.56. The van der Waals surface area contributed by atoms with Crippen molar-refractivity contribution >= 4 is 0 Å². The molecule has 1 rings (SSSR count). The highest BCUT2D eigenvalue weighted by Gasteiger charge is 2.15. The number of hydrogen-bond acceptors (Lipinski definition) is 1. The lowest BCUT2D eigenvalue weighted by Gasteiger charge is -2.13. The molecule has 86 valence electrons. The molecule has 0 aromatic heterocycles. The fraction of sp³-hybridized carbons (Fsp3) is 0.500. The third-order valence-electron chi connectivity index (χ3n) is 3.18. The Bertz CT molecular complexity index is 438. The number of hydrogen-bond donors (Lipinski definition) is 1. The van der Waals surface area contributed by atoms with E-state index in [1.807, 2.05) is 0 Å². The van der Waals surface area contributed by atoms with Gasteiger partial charge in [-0.05, 0) is 48.4 Å². The number of aryl methyl sites for hydroxylation is 2. The van der Waals surface area contributed by atoms with Gasteiger partial charge in [0.15, 0.2) is 0 Å². The van der Waals surface area contributed by atoms with E-state index in [9.17, 15) is 0 Å². The van der Waals surface area contributed by atoms with Crippen LogP contribution in [0.5, 0.6) is 0 Å². The molecule has 0 fully saturated rings. The van der Waals surface area contributed by atoms with Gasteiger partial charge in [-0.25, -0.2) is 0 Å². The van der Waals surface area contributed by atoms with E-state index in [1.165, 1.54) is 22.3 Å². The normalized spacial score (nSPS) is 9.75. The van der Waals surface area contributed by atoms with Gasteiger partial charge in [-0.15, -0.1) is 0 Å². The zero-order valence-electron chi connectivity index (χ0n) is 10.6. The van der Waals surface area contributed by atoms with Crippen LogP contribution in [0, 0.1) is 13.0 Å². The molecule has 0 heterocycles. The maximum absolute atomic E-state index is 8.69. The molecular weight excluding hydrogens is 198 g/mol. The van der Waals surface area contributed by atoms with E-state index in [-0.39, 0.29) is 0 Å². The highest BCUT2D eigenvalue weighted by molar-refractivity contribution is 5.52. The molecule has 0 radical (unpaired) electrons. The number of nitrogens with zero attached hydrogens (tertiary/aromatic N) is 1. The molecule has 0 saturated heterocycles. The van der Waals surface area contributed by atoms with Crippen LogP contribution in [0.4, 0.5) is 0 Å². The summed E-state index contributed by atoms with van der Waals surface area (Å²) in [5.41, 5.74) is 6.15. The monoisotopic (exact) mass is 218 g/mol. The third kappa shape index (κ3) is 2.19. The van der Waals surface area contributed by atoms with Crippen molar-refractivity contribution in [3.05, 3.63) is 38.9 Å². The Morgan fingerprint density at radius 2 is 1.75 bits per heavy atom. The first kappa shape index (κ1) is 12.6. The van der Waals surface area contributed by atoms with E-state index in [0.717, 1.165) is 24.8 Å². The molecule has 0 aliphatic heterocycles. The van der Waals surface area contributed by atoms with Gasteiger partial charge in [0.05, 0.1) is 0 Å². The highest BCUT2D eigenvalue weighted by atomic mass is 16.4. The molecule has 16 heavy (non-hydrogen) atoms. The van der Waals surface area contributed by atoms with Crippen molar-refractivity contribution < 1.29 is 5.21 Å². The SMILES string of the molecule is CCc1cc(CC)c(C#[N+]O)c(CC)c1C. The first-order valence-electron chi connectivity index (χ1n) is 5.93. The summed E-state index contributed by atoms with van der Waals surface area (Å²) in [4.78, 5) is 0. The lowest BCUT2D eigenvalue weighted by molar-refractivity contribution is 0.465. The molecule has 0 amide bonds. The predicted molar refractivity (Wildman–Crippen MR) is 67.4 cm³/mol. The molecule has 0 spiro atoms. The van der Waals surface area contributed by atoms with Crippen LogP contribution in [0.3, 0.4) is 0 Å². The molecule has 2 heteroatoms. The lowest BCUT2D eigenvalue weighted by Crippen LogP contribution is -2.02. The van der Waals surface area contributed by atoms with E-state index < -0.39 is 0 Å². The molecule has 0 aliphatic carbocycles. The average Bonchev–Trinajstić information content (AvgIpc) is 2.30. The Morgan fingerprint density at radius 3 is 2.19 bits per heavy atom. The second-order valence-corrected chi connectivity index (χ2v) is 3.95. The molecule has 0 saturated carbocycles. The highest BCUT2D eigenvalue weighted by Crippen LogP contribution is 2.24. The summed E-state index contributed by atoms with van der Waals surface area (Å²) in [5.74, 6) is 0. The van der Waals surface area contributed by atoms with Crippen molar-refractivity contribution in [2.24, 2.45) is 0 Å². The van der Waals surface area contributed by atoms with E-state index in [1.54, 1.807) is 0 Å². The van der Waals surface area contributed by atoms with Crippen LogP contribution in [0.2, 0.25) is 0 Å². The number of rotatable bonds is 3. The van der Waals surface area contributed by atoms with Crippen molar-refractivity contribution in [3.8, 4) is 6.07 Å². The van der Waals surface area contributed by atoms with E-state index >= 15 is 0 Å². The van der Waals surface area contributed by atoms with Crippen LogP contribution >= 0.6 is 0 Å². The molecule has 1 aromatic rings. The topological polar surface area (TPSA) is 24.6 Å². The summed E-state index contributed by atoms with van der Waals surface area (Å²) >= 11 is 0. The average molecular weight is 218 g/mol. The Kier molecular flexibility index (Phi) is 4.37. The van der Waals surface area contributed by atoms with Crippen LogP contribution in [-0.2, 0) is 19.3 Å². The maximum atomic E-state index is 8.69.